The van der Waals surface area contributed by atoms with Gasteiger partial charge < -0.3 is 14.4 Å². The van der Waals surface area contributed by atoms with E-state index in [4.69, 9.17) is 21.1 Å². The Kier molecular flexibility index (Phi) is 7.30. The van der Waals surface area contributed by atoms with Crippen LogP contribution in [0.2, 0.25) is 5.02 Å². The minimum absolute atomic E-state index is 0.111. The van der Waals surface area contributed by atoms with Gasteiger partial charge in [-0.15, -0.1) is 0 Å². The lowest BCUT2D eigenvalue weighted by atomic mass is 9.81. The van der Waals surface area contributed by atoms with Crippen LogP contribution >= 0.6 is 11.6 Å². The summed E-state index contributed by atoms with van der Waals surface area (Å²) in [4.78, 5) is 23.3. The molecule has 3 aromatic carbocycles. The van der Waals surface area contributed by atoms with Crippen LogP contribution in [0.1, 0.15) is 11.1 Å². The summed E-state index contributed by atoms with van der Waals surface area (Å²) in [7, 11) is -1.48. The van der Waals surface area contributed by atoms with Gasteiger partial charge in [-0.2, -0.15) is 0 Å². The first kappa shape index (κ1) is 28.0. The number of piperazine rings is 1. The number of anilines is 2. The molecule has 0 saturated carbocycles. The molecule has 9 nitrogen and oxygen atoms in total. The van der Waals surface area contributed by atoms with Gasteiger partial charge in [0.25, 0.3) is 15.9 Å². The van der Waals surface area contributed by atoms with Gasteiger partial charge in [0.1, 0.15) is 16.4 Å². The van der Waals surface area contributed by atoms with Crippen molar-refractivity contribution in [3.8, 4) is 11.5 Å². The minimum atomic E-state index is -4.42. The number of halogens is 1. The molecule has 42 heavy (non-hydrogen) atoms. The maximum atomic E-state index is 15.1. The van der Waals surface area contributed by atoms with Crippen LogP contribution in [0.4, 0.5) is 11.4 Å². The van der Waals surface area contributed by atoms with Crippen LogP contribution in [-0.4, -0.2) is 64.6 Å². The zero-order valence-corrected chi connectivity index (χ0v) is 24.7. The van der Waals surface area contributed by atoms with E-state index in [1.165, 1.54) is 20.3 Å². The van der Waals surface area contributed by atoms with Crippen molar-refractivity contribution in [2.75, 3.05) is 49.6 Å². The number of hydrogen-bond acceptors (Lipinski definition) is 8. The average Bonchev–Trinajstić information content (AvgIpc) is 3.29. The predicted octanol–water partition coefficient (Wildman–Crippen LogP) is 4.55. The third-order valence-corrected chi connectivity index (χ3v) is 9.90. The molecule has 0 radical (unpaired) electrons. The van der Waals surface area contributed by atoms with E-state index in [1.54, 1.807) is 54.9 Å². The van der Waals surface area contributed by atoms with Gasteiger partial charge in [0.05, 0.1) is 19.9 Å². The van der Waals surface area contributed by atoms with Crippen molar-refractivity contribution < 1.29 is 22.7 Å². The molecular formula is C31H29ClN4O5S. The summed E-state index contributed by atoms with van der Waals surface area (Å²) in [5.41, 5.74) is 0.735. The number of sulfonamides is 1. The van der Waals surface area contributed by atoms with Gasteiger partial charge >= 0.3 is 0 Å². The number of carbonyl (C=O) groups excluding carboxylic acids is 1. The van der Waals surface area contributed by atoms with Crippen LogP contribution in [-0.2, 0) is 20.4 Å². The number of para-hydroxylation sites is 2. The van der Waals surface area contributed by atoms with Crippen LogP contribution in [0.15, 0.2) is 96.2 Å². The molecule has 216 valence electrons. The second kappa shape index (κ2) is 10.9. The molecule has 0 spiro atoms. The van der Waals surface area contributed by atoms with E-state index >= 15 is 4.79 Å². The number of rotatable bonds is 7. The van der Waals surface area contributed by atoms with Gasteiger partial charge in [-0.1, -0.05) is 41.9 Å². The summed E-state index contributed by atoms with van der Waals surface area (Å²) in [5, 5.41) is 0.382. The first-order chi connectivity index (χ1) is 20.3. The molecule has 0 aliphatic carbocycles. The zero-order chi connectivity index (χ0) is 29.5. The summed E-state index contributed by atoms with van der Waals surface area (Å²) in [6.45, 7) is 2.12. The van der Waals surface area contributed by atoms with Crippen molar-refractivity contribution >= 4 is 38.9 Å². The highest BCUT2D eigenvalue weighted by Gasteiger charge is 2.60. The first-order valence-corrected chi connectivity index (χ1v) is 15.2. The van der Waals surface area contributed by atoms with Crippen LogP contribution in [0.5, 0.6) is 11.5 Å². The van der Waals surface area contributed by atoms with Crippen molar-refractivity contribution in [2.45, 2.75) is 10.4 Å². The lowest BCUT2D eigenvalue weighted by molar-refractivity contribution is -0.127. The van der Waals surface area contributed by atoms with E-state index in [1.807, 2.05) is 35.2 Å². The van der Waals surface area contributed by atoms with E-state index < -0.39 is 21.5 Å². The van der Waals surface area contributed by atoms with Crippen LogP contribution < -0.4 is 18.7 Å². The molecule has 2 aliphatic rings. The van der Waals surface area contributed by atoms with Crippen molar-refractivity contribution in [3.63, 3.8) is 0 Å². The molecule has 1 atom stereocenters. The molecule has 0 bridgehead atoms. The van der Waals surface area contributed by atoms with E-state index in [-0.39, 0.29) is 16.3 Å². The number of benzene rings is 3. The Labute approximate surface area is 249 Å². The molecule has 4 aromatic rings. The lowest BCUT2D eigenvalue weighted by Crippen LogP contribution is -2.60. The number of hydrogen-bond donors (Lipinski definition) is 0. The fraction of sp³-hybridized carbons (Fsp3) is 0.226. The maximum Gasteiger partial charge on any atom is 0.274 e. The zero-order valence-electron chi connectivity index (χ0n) is 23.1. The summed E-state index contributed by atoms with van der Waals surface area (Å²) >= 11 is 6.57. The highest BCUT2D eigenvalue weighted by Crippen LogP contribution is 2.53. The molecule has 3 heterocycles. The van der Waals surface area contributed by atoms with E-state index in [0.717, 1.165) is 9.99 Å². The number of fused-ring (bicyclic) bond motifs is 1. The fourth-order valence-corrected chi connectivity index (χ4v) is 7.84. The van der Waals surface area contributed by atoms with Gasteiger partial charge in [0.2, 0.25) is 0 Å². The fourth-order valence-electron chi connectivity index (χ4n) is 6.05. The summed E-state index contributed by atoms with van der Waals surface area (Å²) in [6, 6.07) is 22.3. The molecule has 1 saturated heterocycles. The highest BCUT2D eigenvalue weighted by atomic mass is 35.5. The molecule has 1 fully saturated rings. The summed E-state index contributed by atoms with van der Waals surface area (Å²) < 4.78 is 40.9. The number of carbonyl (C=O) groups is 1. The molecule has 1 aromatic heterocycles. The Balaban J connectivity index is 1.56. The van der Waals surface area contributed by atoms with Crippen LogP contribution in [0, 0.1) is 0 Å². The summed E-state index contributed by atoms with van der Waals surface area (Å²) in [5.74, 6) is -0.0287. The Hall–Kier alpha value is -4.12. The average molecular weight is 605 g/mol. The number of nitrogens with zero attached hydrogens (tertiary/aromatic N) is 4. The number of amides is 1. The highest BCUT2D eigenvalue weighted by molar-refractivity contribution is 7.93. The lowest BCUT2D eigenvalue weighted by Gasteiger charge is -2.46. The first-order valence-electron chi connectivity index (χ1n) is 13.4. The van der Waals surface area contributed by atoms with E-state index in [2.05, 4.69) is 9.88 Å². The molecule has 1 unspecified atom stereocenters. The van der Waals surface area contributed by atoms with Gasteiger partial charge in [0.15, 0.2) is 5.54 Å². The van der Waals surface area contributed by atoms with Crippen LogP contribution in [0.25, 0.3) is 0 Å². The third-order valence-electron chi connectivity index (χ3n) is 7.93. The number of ether oxygens (including phenoxy) is 2. The SMILES string of the molecule is COc1ccccc1C1(N2CCN(c3ccncc3)CC2)C(=O)N(S(=O)(=O)c2ccccc2OC)c2ccc(Cl)cc21. The quantitative estimate of drug-likeness (QED) is 0.303. The van der Waals surface area contributed by atoms with Crippen molar-refractivity contribution in [2.24, 2.45) is 0 Å². The van der Waals surface area contributed by atoms with E-state index in [9.17, 15) is 8.42 Å². The van der Waals surface area contributed by atoms with E-state index in [0.29, 0.717) is 48.1 Å². The second-order valence-electron chi connectivity index (χ2n) is 9.98. The molecule has 6 rings (SSSR count). The van der Waals surface area contributed by atoms with Crippen molar-refractivity contribution in [1.29, 1.82) is 0 Å². The molecule has 1 amide bonds. The minimum Gasteiger partial charge on any atom is -0.496 e. The Morgan fingerprint density at radius 1 is 0.810 bits per heavy atom. The van der Waals surface area contributed by atoms with Gasteiger partial charge in [-0.05, 0) is 48.5 Å². The number of pyridine rings is 1. The van der Waals surface area contributed by atoms with Gasteiger partial charge in [0, 0.05) is 60.4 Å². The van der Waals surface area contributed by atoms with Crippen LogP contribution in [0.3, 0.4) is 0 Å². The Morgan fingerprint density at radius 3 is 2.14 bits per heavy atom. The second-order valence-corrected chi connectivity index (χ2v) is 12.2. The molecule has 2 aliphatic heterocycles. The molecule has 0 N–H and O–H groups in total. The third kappa shape index (κ3) is 4.29. The van der Waals surface area contributed by atoms with Gasteiger partial charge in [-0.25, -0.2) is 12.7 Å². The van der Waals surface area contributed by atoms with Gasteiger partial charge in [-0.3, -0.25) is 14.7 Å². The topological polar surface area (TPSA) is 92.3 Å². The Morgan fingerprint density at radius 2 is 1.45 bits per heavy atom. The molecule has 11 heteroatoms. The predicted molar refractivity (Wildman–Crippen MR) is 161 cm³/mol. The van der Waals surface area contributed by atoms with Crippen molar-refractivity contribution in [1.82, 2.24) is 9.88 Å². The normalized spacial score (nSPS) is 19.1. The maximum absolute atomic E-state index is 15.1. The molecular weight excluding hydrogens is 576 g/mol. The monoisotopic (exact) mass is 604 g/mol. The van der Waals surface area contributed by atoms with Crippen molar-refractivity contribution in [3.05, 3.63) is 107 Å². The largest absolute Gasteiger partial charge is 0.496 e. The standard InChI is InChI=1S/C31H29ClN4O5S/c1-40-27-8-4-3-7-24(27)31(35-19-17-34(18-20-35)23-13-15-33-16-14-23)25-21-22(32)11-12-26(25)36(30(31)37)42(38,39)29-10-6-5-9-28(29)41-2/h3-16,21H,17-20H2,1-2H3. The summed E-state index contributed by atoms with van der Waals surface area (Å²) in [6.07, 6.45) is 3.49. The number of methoxy groups -OCH3 is 2. The number of aromatic nitrogens is 1. The smallest absolute Gasteiger partial charge is 0.274 e. The Bertz CT molecular complexity index is 1750.